The Morgan fingerprint density at radius 3 is 1.68 bits per heavy atom. The van der Waals surface area contributed by atoms with Gasteiger partial charge in [0.1, 0.15) is 17.2 Å². The molecule has 0 saturated carbocycles. The first-order valence-electron chi connectivity index (χ1n) is 10.5. The van der Waals surface area contributed by atoms with E-state index in [2.05, 4.69) is 36.4 Å². The highest BCUT2D eigenvalue weighted by Crippen LogP contribution is 2.40. The van der Waals surface area contributed by atoms with Crippen LogP contribution in [0.2, 0.25) is 0 Å². The first-order chi connectivity index (χ1) is 14.8. The fourth-order valence-electron chi connectivity index (χ4n) is 4.34. The van der Waals surface area contributed by atoms with Crippen LogP contribution in [0.25, 0.3) is 10.8 Å². The molecule has 0 unspecified atom stereocenters. The number of hydrogen-bond donors (Lipinski definition) is 2. The fourth-order valence-corrected chi connectivity index (χ4v) is 4.34. The van der Waals surface area contributed by atoms with Crippen molar-refractivity contribution in [1.82, 2.24) is 0 Å². The van der Waals surface area contributed by atoms with Gasteiger partial charge in [0.25, 0.3) is 0 Å². The molecule has 3 heteroatoms. The van der Waals surface area contributed by atoms with Crippen molar-refractivity contribution >= 4 is 10.8 Å². The Hall–Kier alpha value is -3.46. The zero-order valence-electron chi connectivity index (χ0n) is 18.7. The van der Waals surface area contributed by atoms with Crippen LogP contribution in [0.1, 0.15) is 44.9 Å². The summed E-state index contributed by atoms with van der Waals surface area (Å²) in [6, 6.07) is 20.5. The van der Waals surface area contributed by atoms with Crippen LogP contribution < -0.4 is 4.74 Å². The van der Waals surface area contributed by atoms with Gasteiger partial charge in [0, 0.05) is 5.92 Å². The number of methoxy groups -OCH3 is 1. The summed E-state index contributed by atoms with van der Waals surface area (Å²) in [6.07, 6.45) is 0. The van der Waals surface area contributed by atoms with E-state index >= 15 is 0 Å². The van der Waals surface area contributed by atoms with Crippen LogP contribution in [-0.4, -0.2) is 17.3 Å². The Morgan fingerprint density at radius 2 is 1.13 bits per heavy atom. The lowest BCUT2D eigenvalue weighted by molar-refractivity contribution is 0.415. The van der Waals surface area contributed by atoms with E-state index < -0.39 is 0 Å². The molecule has 4 aromatic rings. The summed E-state index contributed by atoms with van der Waals surface area (Å²) in [7, 11) is 1.68. The fraction of sp³-hybridized carbons (Fsp3) is 0.214. The SMILES string of the molecule is COc1ccc2cc(C(c3cc(C)c(O)cc3C)c3cc(C)c(O)cc3C)ccc2c1. The van der Waals surface area contributed by atoms with Gasteiger partial charge in [0.2, 0.25) is 0 Å². The quantitative estimate of drug-likeness (QED) is 0.368. The van der Waals surface area contributed by atoms with Gasteiger partial charge in [-0.05, 0) is 102 Å². The number of phenolic OH excluding ortho intramolecular Hbond substituents is 2. The molecule has 158 valence electrons. The van der Waals surface area contributed by atoms with E-state index in [9.17, 15) is 10.2 Å². The van der Waals surface area contributed by atoms with Crippen molar-refractivity contribution in [2.75, 3.05) is 7.11 Å². The van der Waals surface area contributed by atoms with E-state index in [0.717, 1.165) is 49.9 Å². The minimum atomic E-state index is -0.0231. The zero-order chi connectivity index (χ0) is 22.3. The molecule has 0 heterocycles. The van der Waals surface area contributed by atoms with Crippen molar-refractivity contribution < 1.29 is 14.9 Å². The van der Waals surface area contributed by atoms with Crippen molar-refractivity contribution in [3.63, 3.8) is 0 Å². The van der Waals surface area contributed by atoms with Gasteiger partial charge in [-0.25, -0.2) is 0 Å². The lowest BCUT2D eigenvalue weighted by Crippen LogP contribution is -2.08. The molecule has 0 aliphatic carbocycles. The summed E-state index contributed by atoms with van der Waals surface area (Å²) in [5, 5.41) is 22.7. The molecular formula is C28H28O3. The topological polar surface area (TPSA) is 49.7 Å². The predicted octanol–water partition coefficient (Wildman–Crippen LogP) is 6.67. The average Bonchev–Trinajstić information content (AvgIpc) is 2.75. The Balaban J connectivity index is 1.98. The van der Waals surface area contributed by atoms with Crippen molar-refractivity contribution in [2.45, 2.75) is 33.6 Å². The maximum Gasteiger partial charge on any atom is 0.119 e. The van der Waals surface area contributed by atoms with E-state index in [4.69, 9.17) is 4.74 Å². The van der Waals surface area contributed by atoms with Gasteiger partial charge in [-0.1, -0.05) is 36.4 Å². The van der Waals surface area contributed by atoms with E-state index in [-0.39, 0.29) is 5.92 Å². The van der Waals surface area contributed by atoms with Gasteiger partial charge in [0.15, 0.2) is 0 Å². The number of rotatable bonds is 4. The highest BCUT2D eigenvalue weighted by atomic mass is 16.5. The summed E-state index contributed by atoms with van der Waals surface area (Å²) < 4.78 is 5.37. The van der Waals surface area contributed by atoms with Crippen LogP contribution in [0.3, 0.4) is 0 Å². The normalized spacial score (nSPS) is 11.3. The second-order valence-electron chi connectivity index (χ2n) is 8.40. The smallest absolute Gasteiger partial charge is 0.119 e. The maximum atomic E-state index is 10.2. The largest absolute Gasteiger partial charge is 0.508 e. The molecule has 31 heavy (non-hydrogen) atoms. The summed E-state index contributed by atoms with van der Waals surface area (Å²) in [4.78, 5) is 0. The third-order valence-corrected chi connectivity index (χ3v) is 6.20. The lowest BCUT2D eigenvalue weighted by atomic mass is 9.79. The highest BCUT2D eigenvalue weighted by Gasteiger charge is 2.23. The van der Waals surface area contributed by atoms with Crippen LogP contribution in [0.5, 0.6) is 17.2 Å². The third-order valence-electron chi connectivity index (χ3n) is 6.20. The highest BCUT2D eigenvalue weighted by molar-refractivity contribution is 5.85. The second kappa shape index (κ2) is 7.99. The predicted molar refractivity (Wildman–Crippen MR) is 127 cm³/mol. The zero-order valence-corrected chi connectivity index (χ0v) is 18.7. The number of ether oxygens (including phenoxy) is 1. The number of fused-ring (bicyclic) bond motifs is 1. The maximum absolute atomic E-state index is 10.2. The molecule has 0 aliphatic rings. The molecule has 0 bridgehead atoms. The van der Waals surface area contributed by atoms with Crippen LogP contribution in [0, 0.1) is 27.7 Å². The molecule has 0 spiro atoms. The van der Waals surface area contributed by atoms with Crippen molar-refractivity contribution in [3.8, 4) is 17.2 Å². The number of aryl methyl sites for hydroxylation is 4. The van der Waals surface area contributed by atoms with Gasteiger partial charge >= 0.3 is 0 Å². The monoisotopic (exact) mass is 412 g/mol. The third kappa shape index (κ3) is 3.84. The Bertz CT molecular complexity index is 1230. The Kier molecular flexibility index (Phi) is 5.36. The van der Waals surface area contributed by atoms with Crippen molar-refractivity contribution in [2.24, 2.45) is 0 Å². The Morgan fingerprint density at radius 1 is 0.613 bits per heavy atom. The average molecular weight is 413 g/mol. The summed E-state index contributed by atoms with van der Waals surface area (Å²) in [5.74, 6) is 1.44. The minimum absolute atomic E-state index is 0.0231. The van der Waals surface area contributed by atoms with Gasteiger partial charge < -0.3 is 14.9 Å². The number of benzene rings is 4. The molecule has 4 aromatic carbocycles. The molecule has 0 saturated heterocycles. The van der Waals surface area contributed by atoms with E-state index in [0.29, 0.717) is 11.5 Å². The van der Waals surface area contributed by atoms with Gasteiger partial charge in [-0.2, -0.15) is 0 Å². The second-order valence-corrected chi connectivity index (χ2v) is 8.40. The van der Waals surface area contributed by atoms with E-state index in [1.165, 1.54) is 5.56 Å². The molecule has 0 amide bonds. The van der Waals surface area contributed by atoms with Gasteiger partial charge in [-0.3, -0.25) is 0 Å². The molecule has 0 atom stereocenters. The van der Waals surface area contributed by atoms with Crippen molar-refractivity contribution in [3.05, 3.63) is 99.6 Å². The van der Waals surface area contributed by atoms with E-state index in [1.54, 1.807) is 7.11 Å². The summed E-state index contributed by atoms with van der Waals surface area (Å²) in [6.45, 7) is 7.93. The first-order valence-corrected chi connectivity index (χ1v) is 10.5. The van der Waals surface area contributed by atoms with Crippen LogP contribution in [0.15, 0.2) is 60.7 Å². The lowest BCUT2D eigenvalue weighted by Gasteiger charge is -2.25. The Labute approximate surface area is 183 Å². The van der Waals surface area contributed by atoms with Crippen LogP contribution in [-0.2, 0) is 0 Å². The molecule has 2 N–H and O–H groups in total. The summed E-state index contributed by atoms with van der Waals surface area (Å²) in [5.41, 5.74) is 7.24. The van der Waals surface area contributed by atoms with Gasteiger partial charge in [0.05, 0.1) is 7.11 Å². The molecular weight excluding hydrogens is 384 g/mol. The van der Waals surface area contributed by atoms with Gasteiger partial charge in [-0.15, -0.1) is 0 Å². The number of aromatic hydroxyl groups is 2. The van der Waals surface area contributed by atoms with Crippen LogP contribution >= 0.6 is 0 Å². The molecule has 0 fully saturated rings. The van der Waals surface area contributed by atoms with Crippen LogP contribution in [0.4, 0.5) is 0 Å². The minimum Gasteiger partial charge on any atom is -0.508 e. The number of phenols is 2. The van der Waals surface area contributed by atoms with Crippen molar-refractivity contribution in [1.29, 1.82) is 0 Å². The molecule has 0 radical (unpaired) electrons. The standard InChI is InChI=1S/C28H28O3/c1-16-12-26(29)18(3)10-24(16)28(25-11-19(4)27(30)13-17(25)2)22-7-6-21-15-23(31-5)9-8-20(21)14-22/h6-15,28-30H,1-5H3. The molecule has 0 aliphatic heterocycles. The number of hydrogen-bond acceptors (Lipinski definition) is 3. The molecule has 3 nitrogen and oxygen atoms in total. The molecule has 4 rings (SSSR count). The summed E-state index contributed by atoms with van der Waals surface area (Å²) >= 11 is 0. The molecule has 0 aromatic heterocycles. The van der Waals surface area contributed by atoms with E-state index in [1.807, 2.05) is 52.0 Å². The first kappa shape index (κ1) is 20.8.